The number of nitrogens with one attached hydrogen (secondary N) is 2. The fourth-order valence-corrected chi connectivity index (χ4v) is 4.00. The van der Waals surface area contributed by atoms with Crippen molar-refractivity contribution in [3.8, 4) is 5.75 Å². The summed E-state index contributed by atoms with van der Waals surface area (Å²) >= 11 is 0. The molecule has 0 unspecified atom stereocenters. The van der Waals surface area contributed by atoms with Crippen LogP contribution in [0, 0.1) is 0 Å². The van der Waals surface area contributed by atoms with Crippen LogP contribution in [0.2, 0.25) is 0 Å². The van der Waals surface area contributed by atoms with Crippen molar-refractivity contribution in [2.75, 3.05) is 36.9 Å². The number of likely N-dealkylation sites (tertiary alicyclic amines) is 1. The lowest BCUT2D eigenvalue weighted by Gasteiger charge is -2.16. The van der Waals surface area contributed by atoms with Crippen molar-refractivity contribution >= 4 is 23.2 Å². The van der Waals surface area contributed by atoms with Crippen molar-refractivity contribution in [1.29, 1.82) is 0 Å². The summed E-state index contributed by atoms with van der Waals surface area (Å²) in [7, 11) is 0. The maximum atomic E-state index is 12.6. The molecule has 0 saturated carbocycles. The first kappa shape index (κ1) is 23.4. The molecule has 1 aliphatic heterocycles. The molecule has 3 aromatic carbocycles. The average Bonchev–Trinajstić information content (AvgIpc) is 3.42. The van der Waals surface area contributed by atoms with Crippen LogP contribution >= 0.6 is 0 Å². The normalized spacial score (nSPS) is 12.9. The van der Waals surface area contributed by atoms with E-state index < -0.39 is 0 Å². The third kappa shape index (κ3) is 6.85. The van der Waals surface area contributed by atoms with Crippen LogP contribution in [0.5, 0.6) is 5.75 Å². The van der Waals surface area contributed by atoms with E-state index in [-0.39, 0.29) is 18.4 Å². The van der Waals surface area contributed by atoms with Gasteiger partial charge in [-0.25, -0.2) is 0 Å². The molecule has 176 valence electrons. The Bertz CT molecular complexity index is 1080. The molecule has 2 N–H and O–H groups in total. The van der Waals surface area contributed by atoms with Crippen LogP contribution in [0.1, 0.15) is 35.2 Å². The first-order valence-corrected chi connectivity index (χ1v) is 11.9. The average molecular weight is 458 g/mol. The zero-order chi connectivity index (χ0) is 23.6. The number of rotatable bonds is 10. The van der Waals surface area contributed by atoms with E-state index in [2.05, 4.69) is 22.8 Å². The highest BCUT2D eigenvalue weighted by atomic mass is 16.5. The summed E-state index contributed by atoms with van der Waals surface area (Å²) in [5, 5.41) is 5.98. The van der Waals surface area contributed by atoms with Gasteiger partial charge in [0, 0.05) is 30.0 Å². The molecule has 4 rings (SSSR count). The summed E-state index contributed by atoms with van der Waals surface area (Å²) < 4.78 is 5.80. The molecule has 0 aromatic heterocycles. The lowest BCUT2D eigenvalue weighted by Crippen LogP contribution is -2.27. The summed E-state index contributed by atoms with van der Waals surface area (Å²) in [5.41, 5.74) is 3.41. The molecular formula is C28H31N3O3. The Kier molecular flexibility index (Phi) is 8.17. The van der Waals surface area contributed by atoms with Gasteiger partial charge in [-0.05, 0) is 73.7 Å². The van der Waals surface area contributed by atoms with Gasteiger partial charge < -0.3 is 20.3 Å². The Hall–Kier alpha value is -3.80. The second kappa shape index (κ2) is 11.9. The number of nitrogens with zero attached hydrogens (tertiary/aromatic N) is 1. The van der Waals surface area contributed by atoms with Crippen molar-refractivity contribution in [3.05, 3.63) is 90.0 Å². The van der Waals surface area contributed by atoms with Crippen LogP contribution in [0.4, 0.5) is 11.4 Å². The van der Waals surface area contributed by atoms with Gasteiger partial charge in [-0.15, -0.1) is 0 Å². The first-order valence-electron chi connectivity index (χ1n) is 11.9. The molecule has 1 saturated heterocycles. The van der Waals surface area contributed by atoms with Gasteiger partial charge in [-0.2, -0.15) is 0 Å². The SMILES string of the molecule is O=C(CNc1cccc(C(=O)N2CCCC2)c1)Nc1ccc(OCCCc2ccccc2)cc1. The molecule has 0 bridgehead atoms. The van der Waals surface area contributed by atoms with Gasteiger partial charge in [0.2, 0.25) is 5.91 Å². The second-order valence-electron chi connectivity index (χ2n) is 8.44. The van der Waals surface area contributed by atoms with Crippen LogP contribution in [0.3, 0.4) is 0 Å². The number of anilines is 2. The van der Waals surface area contributed by atoms with Crippen molar-refractivity contribution < 1.29 is 14.3 Å². The van der Waals surface area contributed by atoms with E-state index in [9.17, 15) is 9.59 Å². The third-order valence-electron chi connectivity index (χ3n) is 5.82. The molecule has 0 radical (unpaired) electrons. The van der Waals surface area contributed by atoms with E-state index in [1.54, 1.807) is 6.07 Å². The number of ether oxygens (including phenoxy) is 1. The molecule has 1 heterocycles. The van der Waals surface area contributed by atoms with Crippen molar-refractivity contribution in [3.63, 3.8) is 0 Å². The molecule has 1 fully saturated rings. The molecule has 0 spiro atoms. The first-order chi connectivity index (χ1) is 16.7. The van der Waals surface area contributed by atoms with Crippen LogP contribution < -0.4 is 15.4 Å². The number of aryl methyl sites for hydroxylation is 1. The minimum atomic E-state index is -0.159. The number of carbonyl (C=O) groups excluding carboxylic acids is 2. The maximum Gasteiger partial charge on any atom is 0.253 e. The zero-order valence-electron chi connectivity index (χ0n) is 19.3. The topological polar surface area (TPSA) is 70.7 Å². The van der Waals surface area contributed by atoms with E-state index in [4.69, 9.17) is 4.74 Å². The van der Waals surface area contributed by atoms with Crippen LogP contribution in [0.25, 0.3) is 0 Å². The van der Waals surface area contributed by atoms with Gasteiger partial charge in [0.1, 0.15) is 5.75 Å². The van der Waals surface area contributed by atoms with E-state index >= 15 is 0 Å². The maximum absolute atomic E-state index is 12.6. The predicted molar refractivity (Wildman–Crippen MR) is 135 cm³/mol. The van der Waals surface area contributed by atoms with Gasteiger partial charge in [-0.1, -0.05) is 36.4 Å². The van der Waals surface area contributed by atoms with E-state index in [0.717, 1.165) is 50.2 Å². The molecule has 1 aliphatic rings. The summed E-state index contributed by atoms with van der Waals surface area (Å²) in [6.07, 6.45) is 4.05. The molecule has 0 aliphatic carbocycles. The van der Waals surface area contributed by atoms with Crippen molar-refractivity contribution in [1.82, 2.24) is 4.90 Å². The number of benzene rings is 3. The van der Waals surface area contributed by atoms with E-state index in [0.29, 0.717) is 17.9 Å². The molecule has 0 atom stereocenters. The monoisotopic (exact) mass is 457 g/mol. The number of carbonyl (C=O) groups is 2. The number of hydrogen-bond donors (Lipinski definition) is 2. The van der Waals surface area contributed by atoms with E-state index in [1.165, 1.54) is 5.56 Å². The van der Waals surface area contributed by atoms with E-state index in [1.807, 2.05) is 65.6 Å². The molecule has 2 amide bonds. The zero-order valence-corrected chi connectivity index (χ0v) is 19.3. The molecule has 6 nitrogen and oxygen atoms in total. The van der Waals surface area contributed by atoms with Gasteiger partial charge in [0.05, 0.1) is 13.2 Å². The summed E-state index contributed by atoms with van der Waals surface area (Å²) in [6, 6.07) is 25.1. The Morgan fingerprint density at radius 1 is 0.853 bits per heavy atom. The molecule has 6 heteroatoms. The third-order valence-corrected chi connectivity index (χ3v) is 5.82. The highest BCUT2D eigenvalue weighted by Crippen LogP contribution is 2.18. The number of hydrogen-bond acceptors (Lipinski definition) is 4. The molecule has 3 aromatic rings. The largest absolute Gasteiger partial charge is 0.494 e. The standard InChI is InChI=1S/C28H31N3O3/c32-27(21-29-25-12-6-11-23(20-25)28(33)31-17-4-5-18-31)30-24-13-15-26(16-14-24)34-19-7-10-22-8-2-1-3-9-22/h1-3,6,8-9,11-16,20,29H,4-5,7,10,17-19,21H2,(H,30,32). The smallest absolute Gasteiger partial charge is 0.253 e. The van der Waals surface area contributed by atoms with Gasteiger partial charge in [0.15, 0.2) is 0 Å². The quantitative estimate of drug-likeness (QED) is 0.421. The Morgan fingerprint density at radius 3 is 2.38 bits per heavy atom. The summed E-state index contributed by atoms with van der Waals surface area (Å²) in [4.78, 5) is 26.8. The second-order valence-corrected chi connectivity index (χ2v) is 8.44. The van der Waals surface area contributed by atoms with Gasteiger partial charge in [0.25, 0.3) is 5.91 Å². The molecule has 34 heavy (non-hydrogen) atoms. The fraction of sp³-hybridized carbons (Fsp3) is 0.286. The van der Waals surface area contributed by atoms with Crippen molar-refractivity contribution in [2.45, 2.75) is 25.7 Å². The lowest BCUT2D eigenvalue weighted by molar-refractivity contribution is -0.114. The van der Waals surface area contributed by atoms with Crippen LogP contribution in [0.15, 0.2) is 78.9 Å². The van der Waals surface area contributed by atoms with Gasteiger partial charge in [-0.3, -0.25) is 9.59 Å². The van der Waals surface area contributed by atoms with Crippen LogP contribution in [-0.2, 0) is 11.2 Å². The summed E-state index contributed by atoms with van der Waals surface area (Å²) in [6.45, 7) is 2.38. The number of amides is 2. The Morgan fingerprint density at radius 2 is 1.62 bits per heavy atom. The highest BCUT2D eigenvalue weighted by Gasteiger charge is 2.19. The fourth-order valence-electron chi connectivity index (χ4n) is 4.00. The Labute approximate surface area is 200 Å². The summed E-state index contributed by atoms with van der Waals surface area (Å²) in [5.74, 6) is 0.671. The predicted octanol–water partition coefficient (Wildman–Crippen LogP) is 4.98. The minimum absolute atomic E-state index is 0.0491. The van der Waals surface area contributed by atoms with Gasteiger partial charge >= 0.3 is 0 Å². The lowest BCUT2D eigenvalue weighted by atomic mass is 10.1. The highest BCUT2D eigenvalue weighted by molar-refractivity contribution is 5.96. The molecular weight excluding hydrogens is 426 g/mol. The van der Waals surface area contributed by atoms with Crippen LogP contribution in [-0.4, -0.2) is 43.0 Å². The minimum Gasteiger partial charge on any atom is -0.494 e. The van der Waals surface area contributed by atoms with Crippen molar-refractivity contribution in [2.24, 2.45) is 0 Å². The Balaban J connectivity index is 1.19.